The fourth-order valence-corrected chi connectivity index (χ4v) is 2.50. The van der Waals surface area contributed by atoms with Gasteiger partial charge in [0, 0.05) is 0 Å². The van der Waals surface area contributed by atoms with Gasteiger partial charge in [0.2, 0.25) is 0 Å². The molecule has 0 radical (unpaired) electrons. The highest BCUT2D eigenvalue weighted by Crippen LogP contribution is 2.09. The lowest BCUT2D eigenvalue weighted by Crippen LogP contribution is -2.37. The molecule has 0 fully saturated rings. The number of nitrogens with two attached hydrogens (primary N) is 1. The van der Waals surface area contributed by atoms with E-state index in [1.165, 1.54) is 12.1 Å². The molecule has 0 saturated heterocycles. The van der Waals surface area contributed by atoms with Gasteiger partial charge in [-0.3, -0.25) is 9.35 Å². The molecule has 2 unspecified atom stereocenters. The summed E-state index contributed by atoms with van der Waals surface area (Å²) >= 11 is 0. The fourth-order valence-electron chi connectivity index (χ4n) is 2.02. The maximum absolute atomic E-state index is 11.6. The van der Waals surface area contributed by atoms with E-state index in [1.807, 2.05) is 51.1 Å². The van der Waals surface area contributed by atoms with E-state index in [4.69, 9.17) is 15.0 Å². The predicted octanol–water partition coefficient (Wildman–Crippen LogP) is 3.34. The molecular formula is C20H27NO5S. The van der Waals surface area contributed by atoms with E-state index in [9.17, 15) is 13.2 Å². The molecule has 0 spiro atoms. The van der Waals surface area contributed by atoms with E-state index in [2.05, 4.69) is 0 Å². The number of hydrogen-bond donors (Lipinski definition) is 2. The Morgan fingerprint density at radius 2 is 1.67 bits per heavy atom. The molecule has 2 aromatic carbocycles. The third kappa shape index (κ3) is 8.34. The fraction of sp³-hybridized carbons (Fsp3) is 0.350. The van der Waals surface area contributed by atoms with Crippen molar-refractivity contribution in [3.63, 3.8) is 0 Å². The minimum absolute atomic E-state index is 0.0666. The summed E-state index contributed by atoms with van der Waals surface area (Å²) in [5.74, 6) is -0.165. The average Bonchev–Trinajstić information content (AvgIpc) is 2.65. The molecule has 0 aliphatic carbocycles. The Morgan fingerprint density at radius 3 is 2.15 bits per heavy atom. The second kappa shape index (κ2) is 10.8. The molecule has 27 heavy (non-hydrogen) atoms. The van der Waals surface area contributed by atoms with Gasteiger partial charge in [-0.2, -0.15) is 8.42 Å². The number of esters is 1. The van der Waals surface area contributed by atoms with E-state index < -0.39 is 16.2 Å². The first-order valence-electron chi connectivity index (χ1n) is 8.65. The third-order valence-electron chi connectivity index (χ3n) is 4.07. The van der Waals surface area contributed by atoms with Gasteiger partial charge < -0.3 is 10.5 Å². The van der Waals surface area contributed by atoms with Crippen LogP contribution in [-0.4, -0.2) is 25.0 Å². The van der Waals surface area contributed by atoms with Gasteiger partial charge in [0.05, 0.1) is 4.90 Å². The standard InChI is InChI=1S/C13H19NO2.C7H8O3S/c1-3-10(2)12(14)13(15)16-9-11-7-5-4-6-8-11;1-6-2-4-7(5-3-6)11(8,9)10/h4-8,10,12H,3,9,14H2,1-2H3;2-5H,1H3,(H,8,9,10). The number of carbonyl (C=O) groups is 1. The van der Waals surface area contributed by atoms with Crippen LogP contribution in [0.3, 0.4) is 0 Å². The molecule has 6 nitrogen and oxygen atoms in total. The van der Waals surface area contributed by atoms with Crippen molar-refractivity contribution in [3.05, 3.63) is 65.7 Å². The van der Waals surface area contributed by atoms with Crippen molar-refractivity contribution >= 4 is 16.1 Å². The Morgan fingerprint density at radius 1 is 1.11 bits per heavy atom. The summed E-state index contributed by atoms with van der Waals surface area (Å²) < 4.78 is 34.7. The molecule has 0 aliphatic rings. The minimum atomic E-state index is -4.02. The van der Waals surface area contributed by atoms with Crippen LogP contribution in [0.15, 0.2) is 59.5 Å². The number of ether oxygens (including phenoxy) is 1. The van der Waals surface area contributed by atoms with Gasteiger partial charge in [-0.05, 0) is 30.5 Å². The minimum Gasteiger partial charge on any atom is -0.460 e. The molecule has 0 amide bonds. The first kappa shape index (κ1) is 22.8. The maximum atomic E-state index is 11.6. The predicted molar refractivity (Wildman–Crippen MR) is 105 cm³/mol. The van der Waals surface area contributed by atoms with Crippen LogP contribution in [-0.2, 0) is 26.3 Å². The Hall–Kier alpha value is -2.22. The monoisotopic (exact) mass is 393 g/mol. The van der Waals surface area contributed by atoms with Crippen molar-refractivity contribution in [2.24, 2.45) is 11.7 Å². The lowest BCUT2D eigenvalue weighted by molar-refractivity contribution is -0.147. The summed E-state index contributed by atoms with van der Waals surface area (Å²) in [6.45, 7) is 6.10. The van der Waals surface area contributed by atoms with E-state index in [-0.39, 0.29) is 16.8 Å². The van der Waals surface area contributed by atoms with E-state index in [0.717, 1.165) is 17.5 Å². The molecule has 148 valence electrons. The molecule has 2 aromatic rings. The number of rotatable bonds is 6. The highest BCUT2D eigenvalue weighted by Gasteiger charge is 2.20. The van der Waals surface area contributed by atoms with Crippen molar-refractivity contribution in [2.75, 3.05) is 0 Å². The first-order valence-corrected chi connectivity index (χ1v) is 10.1. The van der Waals surface area contributed by atoms with Gasteiger partial charge in [0.15, 0.2) is 0 Å². The summed E-state index contributed by atoms with van der Waals surface area (Å²) in [4.78, 5) is 11.5. The highest BCUT2D eigenvalue weighted by molar-refractivity contribution is 7.85. The van der Waals surface area contributed by atoms with Crippen LogP contribution in [0.2, 0.25) is 0 Å². The van der Waals surface area contributed by atoms with Crippen molar-refractivity contribution in [3.8, 4) is 0 Å². The zero-order valence-electron chi connectivity index (χ0n) is 15.8. The summed E-state index contributed by atoms with van der Waals surface area (Å²) in [7, 11) is -4.02. The molecule has 0 aromatic heterocycles. The Balaban J connectivity index is 0.000000289. The number of hydrogen-bond acceptors (Lipinski definition) is 5. The number of aryl methyl sites for hydroxylation is 1. The van der Waals surface area contributed by atoms with Gasteiger partial charge in [-0.15, -0.1) is 0 Å². The van der Waals surface area contributed by atoms with Gasteiger partial charge in [-0.25, -0.2) is 0 Å². The Labute approximate surface area is 161 Å². The topological polar surface area (TPSA) is 107 Å². The van der Waals surface area contributed by atoms with Crippen molar-refractivity contribution < 1.29 is 22.5 Å². The van der Waals surface area contributed by atoms with E-state index >= 15 is 0 Å². The average molecular weight is 394 g/mol. The summed E-state index contributed by atoms with van der Waals surface area (Å²) in [5, 5.41) is 0. The molecule has 2 rings (SSSR count). The van der Waals surface area contributed by atoms with Gasteiger partial charge in [-0.1, -0.05) is 68.3 Å². The number of carbonyl (C=O) groups excluding carboxylic acids is 1. The molecular weight excluding hydrogens is 366 g/mol. The van der Waals surface area contributed by atoms with Crippen LogP contribution in [0.1, 0.15) is 31.4 Å². The van der Waals surface area contributed by atoms with Gasteiger partial charge >= 0.3 is 5.97 Å². The zero-order valence-corrected chi connectivity index (χ0v) is 16.6. The maximum Gasteiger partial charge on any atom is 0.323 e. The third-order valence-corrected chi connectivity index (χ3v) is 4.94. The van der Waals surface area contributed by atoms with Crippen molar-refractivity contribution in [2.45, 2.75) is 44.7 Å². The van der Waals surface area contributed by atoms with Gasteiger partial charge in [0.25, 0.3) is 10.1 Å². The normalized spacial score (nSPS) is 13.1. The first-order chi connectivity index (χ1) is 12.6. The second-order valence-corrected chi connectivity index (χ2v) is 7.71. The summed E-state index contributed by atoms with van der Waals surface area (Å²) in [6, 6.07) is 15.1. The van der Waals surface area contributed by atoms with Crippen molar-refractivity contribution in [1.29, 1.82) is 0 Å². The van der Waals surface area contributed by atoms with Crippen LogP contribution in [0.5, 0.6) is 0 Å². The quantitative estimate of drug-likeness (QED) is 0.576. The second-order valence-electron chi connectivity index (χ2n) is 6.29. The molecule has 0 aliphatic heterocycles. The smallest absolute Gasteiger partial charge is 0.323 e. The molecule has 0 saturated carbocycles. The largest absolute Gasteiger partial charge is 0.460 e. The van der Waals surface area contributed by atoms with Crippen LogP contribution in [0, 0.1) is 12.8 Å². The van der Waals surface area contributed by atoms with Crippen LogP contribution in [0.25, 0.3) is 0 Å². The summed E-state index contributed by atoms with van der Waals surface area (Å²) in [5.41, 5.74) is 7.70. The van der Waals surface area contributed by atoms with Crippen molar-refractivity contribution in [1.82, 2.24) is 0 Å². The molecule has 0 bridgehead atoms. The molecule has 0 heterocycles. The van der Waals surface area contributed by atoms with Crippen LogP contribution >= 0.6 is 0 Å². The molecule has 7 heteroatoms. The van der Waals surface area contributed by atoms with Crippen LogP contribution in [0.4, 0.5) is 0 Å². The highest BCUT2D eigenvalue weighted by atomic mass is 32.2. The van der Waals surface area contributed by atoms with E-state index in [0.29, 0.717) is 6.61 Å². The SMILES string of the molecule is CCC(C)C(N)C(=O)OCc1ccccc1.Cc1ccc(S(=O)(=O)O)cc1. The Bertz CT molecular complexity index is 804. The molecule has 2 atom stereocenters. The summed E-state index contributed by atoms with van der Waals surface area (Å²) in [6.07, 6.45) is 0.877. The lowest BCUT2D eigenvalue weighted by Gasteiger charge is -2.16. The van der Waals surface area contributed by atoms with E-state index in [1.54, 1.807) is 12.1 Å². The Kier molecular flexibility index (Phi) is 9.14. The van der Waals surface area contributed by atoms with Gasteiger partial charge in [0.1, 0.15) is 12.6 Å². The molecule has 3 N–H and O–H groups in total. The van der Waals surface area contributed by atoms with Crippen LogP contribution < -0.4 is 5.73 Å². The number of benzene rings is 2. The zero-order chi connectivity index (χ0) is 20.4. The lowest BCUT2D eigenvalue weighted by atomic mass is 10.0.